The van der Waals surface area contributed by atoms with Crippen molar-refractivity contribution in [3.8, 4) is 11.3 Å². The van der Waals surface area contributed by atoms with Gasteiger partial charge in [0.2, 0.25) is 0 Å². The number of halogens is 4. The number of nitrogens with zero attached hydrogens (tertiary/aromatic N) is 1. The summed E-state index contributed by atoms with van der Waals surface area (Å²) in [6.45, 7) is 2.79. The summed E-state index contributed by atoms with van der Waals surface area (Å²) in [7, 11) is 0. The fourth-order valence-corrected chi connectivity index (χ4v) is 2.39. The number of aromatic nitrogens is 1. The molecular weight excluding hydrogens is 322 g/mol. The van der Waals surface area contributed by atoms with E-state index in [4.69, 9.17) is 34.8 Å². The van der Waals surface area contributed by atoms with Crippen molar-refractivity contribution in [3.05, 3.63) is 45.2 Å². The summed E-state index contributed by atoms with van der Waals surface area (Å²) in [6.07, 6.45) is 0.943. The molecule has 1 aromatic heterocycles. The van der Waals surface area contributed by atoms with Gasteiger partial charge in [0.1, 0.15) is 11.6 Å². The molecule has 0 aliphatic carbocycles. The summed E-state index contributed by atoms with van der Waals surface area (Å²) in [6, 6.07) is 5.96. The van der Waals surface area contributed by atoms with E-state index >= 15 is 0 Å². The maximum Gasteiger partial charge on any atom is 0.145 e. The van der Waals surface area contributed by atoms with Crippen LogP contribution in [0.15, 0.2) is 24.3 Å². The Labute approximate surface area is 131 Å². The number of hydrogen-bond acceptors (Lipinski definition) is 2. The first kappa shape index (κ1) is 15.4. The van der Waals surface area contributed by atoms with Gasteiger partial charge in [0.15, 0.2) is 0 Å². The van der Waals surface area contributed by atoms with Gasteiger partial charge in [-0.05, 0) is 30.7 Å². The van der Waals surface area contributed by atoms with Gasteiger partial charge in [0, 0.05) is 12.1 Å². The van der Waals surface area contributed by atoms with Crippen LogP contribution in [0.5, 0.6) is 0 Å². The van der Waals surface area contributed by atoms with Gasteiger partial charge in [-0.15, -0.1) is 0 Å². The Bertz CT molecular complexity index is 632. The smallest absolute Gasteiger partial charge is 0.145 e. The van der Waals surface area contributed by atoms with Crippen LogP contribution in [0.2, 0.25) is 15.1 Å². The van der Waals surface area contributed by atoms with Crippen LogP contribution in [0.4, 0.5) is 10.2 Å². The van der Waals surface area contributed by atoms with Gasteiger partial charge in [-0.25, -0.2) is 9.37 Å². The Morgan fingerprint density at radius 1 is 1.10 bits per heavy atom. The van der Waals surface area contributed by atoms with Crippen molar-refractivity contribution in [2.45, 2.75) is 13.3 Å². The van der Waals surface area contributed by atoms with E-state index in [0.717, 1.165) is 13.0 Å². The van der Waals surface area contributed by atoms with E-state index in [0.29, 0.717) is 27.1 Å². The van der Waals surface area contributed by atoms with Gasteiger partial charge in [0.25, 0.3) is 0 Å². The molecule has 1 heterocycles. The summed E-state index contributed by atoms with van der Waals surface area (Å²) >= 11 is 18.0. The van der Waals surface area contributed by atoms with E-state index in [1.807, 2.05) is 6.92 Å². The molecule has 2 rings (SSSR count). The van der Waals surface area contributed by atoms with E-state index in [1.54, 1.807) is 12.1 Å². The molecule has 106 valence electrons. The third kappa shape index (κ3) is 3.35. The first-order valence-electron chi connectivity index (χ1n) is 6.08. The minimum absolute atomic E-state index is 0.0263. The topological polar surface area (TPSA) is 24.9 Å². The lowest BCUT2D eigenvalue weighted by atomic mass is 10.1. The van der Waals surface area contributed by atoms with E-state index in [-0.39, 0.29) is 5.02 Å². The van der Waals surface area contributed by atoms with Crippen LogP contribution in [-0.2, 0) is 0 Å². The summed E-state index contributed by atoms with van der Waals surface area (Å²) in [5.41, 5.74) is 1.15. The zero-order chi connectivity index (χ0) is 14.7. The third-order valence-electron chi connectivity index (χ3n) is 2.66. The average Bonchev–Trinajstić information content (AvgIpc) is 2.41. The van der Waals surface area contributed by atoms with Gasteiger partial charge in [-0.1, -0.05) is 41.7 Å². The van der Waals surface area contributed by atoms with Crippen molar-refractivity contribution in [1.82, 2.24) is 4.98 Å². The van der Waals surface area contributed by atoms with E-state index in [9.17, 15) is 4.39 Å². The Kier molecular flexibility index (Phi) is 5.08. The molecule has 0 radical (unpaired) electrons. The Balaban J connectivity index is 2.47. The Morgan fingerprint density at radius 2 is 1.85 bits per heavy atom. The lowest BCUT2D eigenvalue weighted by Crippen LogP contribution is -2.03. The van der Waals surface area contributed by atoms with Crippen LogP contribution in [0.25, 0.3) is 11.3 Å². The molecule has 0 aliphatic rings. The fourth-order valence-electron chi connectivity index (χ4n) is 1.68. The quantitative estimate of drug-likeness (QED) is 0.779. The molecule has 6 heteroatoms. The molecule has 1 N–H and O–H groups in total. The van der Waals surface area contributed by atoms with E-state index in [1.165, 1.54) is 12.1 Å². The van der Waals surface area contributed by atoms with Crippen molar-refractivity contribution in [2.24, 2.45) is 0 Å². The van der Waals surface area contributed by atoms with Crippen molar-refractivity contribution < 1.29 is 4.39 Å². The molecule has 0 unspecified atom stereocenters. The summed E-state index contributed by atoms with van der Waals surface area (Å²) in [5.74, 6) is 0.0678. The summed E-state index contributed by atoms with van der Waals surface area (Å²) in [4.78, 5) is 4.39. The number of rotatable bonds is 4. The molecule has 0 aliphatic heterocycles. The van der Waals surface area contributed by atoms with Gasteiger partial charge >= 0.3 is 0 Å². The molecular formula is C14H12Cl3FN2. The molecule has 0 amide bonds. The van der Waals surface area contributed by atoms with Gasteiger partial charge in [-0.3, -0.25) is 0 Å². The highest BCUT2D eigenvalue weighted by Crippen LogP contribution is 2.33. The van der Waals surface area contributed by atoms with E-state index in [2.05, 4.69) is 10.3 Å². The van der Waals surface area contributed by atoms with Crippen LogP contribution in [0.3, 0.4) is 0 Å². The van der Waals surface area contributed by atoms with Gasteiger partial charge < -0.3 is 5.32 Å². The predicted octanol–water partition coefficient (Wildman–Crippen LogP) is 5.67. The second kappa shape index (κ2) is 6.61. The van der Waals surface area contributed by atoms with Crippen molar-refractivity contribution in [3.63, 3.8) is 0 Å². The maximum atomic E-state index is 13.2. The monoisotopic (exact) mass is 332 g/mol. The number of nitrogens with one attached hydrogen (secondary N) is 1. The maximum absolute atomic E-state index is 13.2. The number of hydrogen-bond donors (Lipinski definition) is 1. The molecule has 0 fully saturated rings. The highest BCUT2D eigenvalue weighted by atomic mass is 35.5. The van der Waals surface area contributed by atoms with Crippen LogP contribution < -0.4 is 5.32 Å². The fraction of sp³-hybridized carbons (Fsp3) is 0.214. The van der Waals surface area contributed by atoms with Crippen LogP contribution in [0.1, 0.15) is 13.3 Å². The zero-order valence-electron chi connectivity index (χ0n) is 10.7. The molecule has 0 bridgehead atoms. The SMILES string of the molecule is CCCNc1nc(-c2ccc(F)c(Cl)c2)c(Cl)cc1Cl. The third-order valence-corrected chi connectivity index (χ3v) is 3.53. The second-order valence-electron chi connectivity index (χ2n) is 4.20. The first-order valence-corrected chi connectivity index (χ1v) is 7.21. The number of pyridine rings is 1. The van der Waals surface area contributed by atoms with Crippen molar-refractivity contribution in [1.29, 1.82) is 0 Å². The Hall–Kier alpha value is -1.03. The minimum Gasteiger partial charge on any atom is -0.369 e. The lowest BCUT2D eigenvalue weighted by molar-refractivity contribution is 0.628. The van der Waals surface area contributed by atoms with Crippen molar-refractivity contribution in [2.75, 3.05) is 11.9 Å². The molecule has 2 aromatic rings. The van der Waals surface area contributed by atoms with E-state index < -0.39 is 5.82 Å². The highest BCUT2D eigenvalue weighted by Gasteiger charge is 2.12. The summed E-state index contributed by atoms with van der Waals surface area (Å²) in [5, 5.41) is 3.98. The van der Waals surface area contributed by atoms with Gasteiger partial charge in [-0.2, -0.15) is 0 Å². The molecule has 1 aromatic carbocycles. The minimum atomic E-state index is -0.482. The number of anilines is 1. The highest BCUT2D eigenvalue weighted by molar-refractivity contribution is 6.37. The molecule has 0 atom stereocenters. The standard InChI is InChI=1S/C14H12Cl3FN2/c1-2-5-19-14-11(17)7-10(16)13(20-14)8-3-4-12(18)9(15)6-8/h3-4,6-7H,2,5H2,1H3,(H,19,20). The van der Waals surface area contributed by atoms with Crippen LogP contribution in [0, 0.1) is 5.82 Å². The second-order valence-corrected chi connectivity index (χ2v) is 5.43. The summed E-state index contributed by atoms with van der Waals surface area (Å²) < 4.78 is 13.2. The zero-order valence-corrected chi connectivity index (χ0v) is 13.0. The molecule has 0 saturated carbocycles. The lowest BCUT2D eigenvalue weighted by Gasteiger charge is -2.11. The largest absolute Gasteiger partial charge is 0.369 e. The molecule has 0 saturated heterocycles. The molecule has 0 spiro atoms. The predicted molar refractivity (Wildman–Crippen MR) is 83.4 cm³/mol. The average molecular weight is 334 g/mol. The molecule has 2 nitrogen and oxygen atoms in total. The first-order chi connectivity index (χ1) is 9.52. The van der Waals surface area contributed by atoms with Crippen LogP contribution >= 0.6 is 34.8 Å². The Morgan fingerprint density at radius 3 is 2.50 bits per heavy atom. The van der Waals surface area contributed by atoms with Gasteiger partial charge in [0.05, 0.1) is 20.8 Å². The van der Waals surface area contributed by atoms with Crippen molar-refractivity contribution >= 4 is 40.6 Å². The van der Waals surface area contributed by atoms with Crippen LogP contribution in [-0.4, -0.2) is 11.5 Å². The number of benzene rings is 1. The normalized spacial score (nSPS) is 10.7. The molecule has 20 heavy (non-hydrogen) atoms.